The second-order valence-electron chi connectivity index (χ2n) is 5.92. The van der Waals surface area contributed by atoms with Gasteiger partial charge in [-0.3, -0.25) is 19.3 Å². The molecule has 8 nitrogen and oxygen atoms in total. The van der Waals surface area contributed by atoms with E-state index in [1.807, 2.05) is 0 Å². The summed E-state index contributed by atoms with van der Waals surface area (Å²) in [4.78, 5) is 47.2. The van der Waals surface area contributed by atoms with Crippen LogP contribution in [0.4, 0.5) is 4.79 Å². The van der Waals surface area contributed by atoms with Crippen molar-refractivity contribution in [2.24, 2.45) is 0 Å². The number of thioether (sulfide) groups is 1. The van der Waals surface area contributed by atoms with E-state index in [4.69, 9.17) is 14.6 Å². The summed E-state index contributed by atoms with van der Waals surface area (Å²) >= 11 is 0.760. The molecule has 0 spiro atoms. The van der Waals surface area contributed by atoms with Crippen molar-refractivity contribution in [3.63, 3.8) is 0 Å². The van der Waals surface area contributed by atoms with Gasteiger partial charge in [0.2, 0.25) is 0 Å². The summed E-state index contributed by atoms with van der Waals surface area (Å²) in [6.45, 7) is 0.0414. The van der Waals surface area contributed by atoms with Gasteiger partial charge in [-0.15, -0.1) is 0 Å². The summed E-state index contributed by atoms with van der Waals surface area (Å²) in [6, 6.07) is 9.50. The van der Waals surface area contributed by atoms with Crippen LogP contribution >= 0.6 is 11.8 Å². The first-order chi connectivity index (χ1) is 13.3. The van der Waals surface area contributed by atoms with Crippen LogP contribution in [0.5, 0.6) is 0 Å². The number of benzene rings is 1. The normalized spacial score (nSPS) is 15.4. The molecule has 2 amide bonds. The lowest BCUT2D eigenvalue weighted by Crippen LogP contribution is -2.29. The van der Waals surface area contributed by atoms with Crippen LogP contribution in [0.25, 0.3) is 17.4 Å². The highest BCUT2D eigenvalue weighted by Crippen LogP contribution is 2.33. The fourth-order valence-electron chi connectivity index (χ4n) is 2.60. The molecule has 0 saturated carbocycles. The smallest absolute Gasteiger partial charge is 0.335 e. The van der Waals surface area contributed by atoms with Gasteiger partial charge in [-0.1, -0.05) is 12.1 Å². The fourth-order valence-corrected chi connectivity index (χ4v) is 3.45. The molecule has 1 aromatic heterocycles. The monoisotopic (exact) mass is 401 g/mol. The van der Waals surface area contributed by atoms with E-state index in [1.165, 1.54) is 18.2 Å². The Hall–Kier alpha value is -3.33. The number of carbonyl (C=O) groups excluding carboxylic acids is 2. The summed E-state index contributed by atoms with van der Waals surface area (Å²) in [5.41, 5.74) is 0.694. The van der Waals surface area contributed by atoms with Crippen molar-refractivity contribution in [1.29, 1.82) is 0 Å². The van der Waals surface area contributed by atoms with Crippen molar-refractivity contribution in [2.45, 2.75) is 12.8 Å². The maximum atomic E-state index is 12.4. The third-order valence-electron chi connectivity index (χ3n) is 3.94. The molecule has 3 rings (SSSR count). The van der Waals surface area contributed by atoms with E-state index in [0.717, 1.165) is 16.7 Å². The number of hydrogen-bond donors (Lipinski definition) is 2. The Morgan fingerprint density at radius 2 is 1.93 bits per heavy atom. The average molecular weight is 401 g/mol. The van der Waals surface area contributed by atoms with Crippen LogP contribution in [-0.2, 0) is 9.59 Å². The van der Waals surface area contributed by atoms with Crippen LogP contribution < -0.4 is 0 Å². The van der Waals surface area contributed by atoms with Crippen LogP contribution in [0.15, 0.2) is 45.7 Å². The molecule has 2 N–H and O–H groups in total. The highest BCUT2D eigenvalue weighted by atomic mass is 32.2. The Morgan fingerprint density at radius 1 is 1.14 bits per heavy atom. The van der Waals surface area contributed by atoms with Crippen LogP contribution in [0.1, 0.15) is 29.0 Å². The van der Waals surface area contributed by atoms with Gasteiger partial charge in [0.05, 0.1) is 10.5 Å². The number of aliphatic carboxylic acids is 1. The number of carbonyl (C=O) groups is 4. The fraction of sp³-hybridized carbons (Fsp3) is 0.158. The molecule has 1 saturated heterocycles. The number of aromatic carboxylic acids is 1. The minimum atomic E-state index is -1.05. The Bertz CT molecular complexity index is 992. The predicted molar refractivity (Wildman–Crippen MR) is 101 cm³/mol. The van der Waals surface area contributed by atoms with E-state index >= 15 is 0 Å². The van der Waals surface area contributed by atoms with Gasteiger partial charge < -0.3 is 14.6 Å². The molecule has 0 bridgehead atoms. The Balaban J connectivity index is 1.75. The van der Waals surface area contributed by atoms with Crippen molar-refractivity contribution in [1.82, 2.24) is 4.90 Å². The summed E-state index contributed by atoms with van der Waals surface area (Å²) < 4.78 is 5.66. The predicted octanol–water partition coefficient (Wildman–Crippen LogP) is 3.55. The topological polar surface area (TPSA) is 125 Å². The number of carboxylic acids is 2. The molecule has 1 fully saturated rings. The lowest BCUT2D eigenvalue weighted by Gasteiger charge is -2.10. The van der Waals surface area contributed by atoms with Crippen molar-refractivity contribution in [2.75, 3.05) is 6.54 Å². The van der Waals surface area contributed by atoms with Gasteiger partial charge >= 0.3 is 11.9 Å². The number of hydrogen-bond acceptors (Lipinski definition) is 6. The molecule has 144 valence electrons. The first kappa shape index (κ1) is 19.4. The van der Waals surface area contributed by atoms with E-state index in [9.17, 15) is 19.2 Å². The molecule has 28 heavy (non-hydrogen) atoms. The molecular formula is C19H15NO7S. The molecule has 2 aromatic rings. The number of carboxylic acid groups (broad SMARTS) is 2. The second kappa shape index (κ2) is 8.13. The maximum Gasteiger partial charge on any atom is 0.335 e. The van der Waals surface area contributed by atoms with Crippen molar-refractivity contribution in [3.8, 4) is 11.3 Å². The minimum absolute atomic E-state index is 0.0414. The summed E-state index contributed by atoms with van der Waals surface area (Å²) in [5, 5.41) is 17.3. The van der Waals surface area contributed by atoms with Gasteiger partial charge in [0.25, 0.3) is 11.1 Å². The summed E-state index contributed by atoms with van der Waals surface area (Å²) in [7, 11) is 0. The van der Waals surface area contributed by atoms with Gasteiger partial charge in [-0.2, -0.15) is 0 Å². The molecule has 2 heterocycles. The van der Waals surface area contributed by atoms with Crippen LogP contribution in [-0.4, -0.2) is 44.7 Å². The van der Waals surface area contributed by atoms with E-state index in [2.05, 4.69) is 0 Å². The number of nitrogens with zero attached hydrogens (tertiary/aromatic N) is 1. The lowest BCUT2D eigenvalue weighted by atomic mass is 10.1. The molecule has 1 aliphatic rings. The van der Waals surface area contributed by atoms with E-state index in [1.54, 1.807) is 24.3 Å². The minimum Gasteiger partial charge on any atom is -0.481 e. The Kier molecular flexibility index (Phi) is 5.65. The lowest BCUT2D eigenvalue weighted by molar-refractivity contribution is -0.137. The zero-order chi connectivity index (χ0) is 20.3. The molecular weight excluding hydrogens is 386 g/mol. The maximum absolute atomic E-state index is 12.4. The van der Waals surface area contributed by atoms with E-state index in [-0.39, 0.29) is 29.9 Å². The van der Waals surface area contributed by atoms with Crippen LogP contribution in [0, 0.1) is 0 Å². The van der Waals surface area contributed by atoms with Gasteiger partial charge in [-0.25, -0.2) is 4.79 Å². The van der Waals surface area contributed by atoms with Crippen LogP contribution in [0.2, 0.25) is 0 Å². The molecule has 0 unspecified atom stereocenters. The molecule has 1 aliphatic heterocycles. The third-order valence-corrected chi connectivity index (χ3v) is 4.85. The molecule has 9 heteroatoms. The average Bonchev–Trinajstić information content (AvgIpc) is 3.22. The summed E-state index contributed by atoms with van der Waals surface area (Å²) in [5.74, 6) is -1.77. The number of rotatable bonds is 7. The van der Waals surface area contributed by atoms with Gasteiger partial charge in [0.15, 0.2) is 0 Å². The Morgan fingerprint density at radius 3 is 2.64 bits per heavy atom. The molecule has 0 aliphatic carbocycles. The number of furan rings is 1. The SMILES string of the molecule is O=C(O)CCCN1C(=O)S/C(=C\c2ccc(-c3cccc(C(=O)O)c3)o2)C1=O. The first-order valence-corrected chi connectivity index (χ1v) is 9.07. The van der Waals surface area contributed by atoms with Gasteiger partial charge in [0, 0.05) is 24.6 Å². The Labute approximate surface area is 163 Å². The highest BCUT2D eigenvalue weighted by Gasteiger charge is 2.34. The van der Waals surface area contributed by atoms with Crippen molar-refractivity contribution < 1.29 is 33.8 Å². The third kappa shape index (κ3) is 4.32. The van der Waals surface area contributed by atoms with Crippen molar-refractivity contribution >= 4 is 40.9 Å². The van der Waals surface area contributed by atoms with Crippen molar-refractivity contribution in [3.05, 3.63) is 52.6 Å². The molecule has 1 aromatic carbocycles. The van der Waals surface area contributed by atoms with Crippen LogP contribution in [0.3, 0.4) is 0 Å². The first-order valence-electron chi connectivity index (χ1n) is 8.26. The highest BCUT2D eigenvalue weighted by molar-refractivity contribution is 8.18. The van der Waals surface area contributed by atoms with Gasteiger partial charge in [-0.05, 0) is 42.4 Å². The molecule has 0 atom stereocenters. The number of imide groups is 1. The zero-order valence-electron chi connectivity index (χ0n) is 14.5. The largest absolute Gasteiger partial charge is 0.481 e. The van der Waals surface area contributed by atoms with Gasteiger partial charge in [0.1, 0.15) is 11.5 Å². The molecule has 0 radical (unpaired) electrons. The standard InChI is InChI=1S/C19H15NO7S/c21-16(22)5-2-8-20-17(23)15(28-19(20)26)10-13-6-7-14(27-13)11-3-1-4-12(9-11)18(24)25/h1,3-4,6-7,9-10H,2,5,8H2,(H,21,22)(H,24,25)/b15-10-. The van der Waals surface area contributed by atoms with E-state index < -0.39 is 23.1 Å². The summed E-state index contributed by atoms with van der Waals surface area (Å²) in [6.07, 6.45) is 1.50. The second-order valence-corrected chi connectivity index (χ2v) is 6.91. The zero-order valence-corrected chi connectivity index (χ0v) is 15.3. The number of amides is 2. The van der Waals surface area contributed by atoms with E-state index in [0.29, 0.717) is 17.1 Å². The quantitative estimate of drug-likeness (QED) is 0.675.